The lowest BCUT2D eigenvalue weighted by Crippen LogP contribution is -2.41. The smallest absolute Gasteiger partial charge is 0.191 e. The molecular weight excluding hydrogens is 498 g/mol. The Morgan fingerprint density at radius 3 is 2.70 bits per heavy atom. The number of hydrogen-bond donors (Lipinski definition) is 2. The van der Waals surface area contributed by atoms with Gasteiger partial charge in [-0.3, -0.25) is 0 Å². The topological polar surface area (TPSA) is 76.4 Å². The zero-order chi connectivity index (χ0) is 20.5. The van der Waals surface area contributed by atoms with Crippen molar-refractivity contribution >= 4 is 29.9 Å². The second kappa shape index (κ2) is 12.1. The van der Waals surface area contributed by atoms with Crippen LogP contribution in [0.15, 0.2) is 66.0 Å². The Morgan fingerprint density at radius 2 is 2.00 bits per heavy atom. The molecule has 2 aromatic heterocycles. The van der Waals surface area contributed by atoms with Crippen molar-refractivity contribution in [3.05, 3.63) is 72.4 Å². The van der Waals surface area contributed by atoms with Gasteiger partial charge in [-0.2, -0.15) is 5.10 Å². The predicted octanol–water partition coefficient (Wildman–Crippen LogP) is 3.55. The van der Waals surface area contributed by atoms with Crippen LogP contribution in [0.4, 0.5) is 4.39 Å². The van der Waals surface area contributed by atoms with Crippen LogP contribution in [0.5, 0.6) is 5.75 Å². The van der Waals surface area contributed by atoms with Crippen molar-refractivity contribution in [2.45, 2.75) is 26.5 Å². The van der Waals surface area contributed by atoms with Crippen LogP contribution in [-0.2, 0) is 6.54 Å². The third-order valence-corrected chi connectivity index (χ3v) is 4.02. The number of aliphatic imine (C=N–C) groups is 1. The first-order chi connectivity index (χ1) is 14.1. The van der Waals surface area contributed by atoms with E-state index in [9.17, 15) is 4.39 Å². The van der Waals surface area contributed by atoms with E-state index in [1.807, 2.05) is 38.2 Å². The molecule has 3 rings (SSSR count). The number of benzene rings is 1. The summed E-state index contributed by atoms with van der Waals surface area (Å²) in [5, 5.41) is 10.7. The van der Waals surface area contributed by atoms with Gasteiger partial charge in [-0.25, -0.2) is 19.0 Å². The van der Waals surface area contributed by atoms with Gasteiger partial charge in [0.1, 0.15) is 17.7 Å². The molecule has 0 saturated carbocycles. The molecule has 160 valence electrons. The molecule has 0 bridgehead atoms. The number of aromatic nitrogens is 3. The summed E-state index contributed by atoms with van der Waals surface area (Å²) < 4.78 is 20.5. The lowest BCUT2D eigenvalue weighted by molar-refractivity contribution is 0.223. The molecule has 3 aromatic rings. The van der Waals surface area contributed by atoms with Crippen LogP contribution in [-0.4, -0.2) is 39.9 Å². The van der Waals surface area contributed by atoms with Crippen molar-refractivity contribution < 1.29 is 9.13 Å². The largest absolute Gasteiger partial charge is 0.489 e. The van der Waals surface area contributed by atoms with E-state index in [2.05, 4.69) is 25.7 Å². The molecule has 9 heteroatoms. The molecule has 1 atom stereocenters. The molecule has 0 aliphatic carbocycles. The first-order valence-corrected chi connectivity index (χ1v) is 9.53. The molecule has 0 aliphatic rings. The van der Waals surface area contributed by atoms with E-state index < -0.39 is 0 Å². The fourth-order valence-corrected chi connectivity index (χ4v) is 2.63. The molecule has 0 radical (unpaired) electrons. The summed E-state index contributed by atoms with van der Waals surface area (Å²) in [7, 11) is 0. The number of nitrogens with zero attached hydrogens (tertiary/aromatic N) is 4. The lowest BCUT2D eigenvalue weighted by atomic mass is 10.2. The molecule has 0 spiro atoms. The van der Waals surface area contributed by atoms with Crippen LogP contribution >= 0.6 is 24.0 Å². The van der Waals surface area contributed by atoms with Crippen molar-refractivity contribution in [1.29, 1.82) is 0 Å². The Hall–Kier alpha value is -2.69. The van der Waals surface area contributed by atoms with Gasteiger partial charge < -0.3 is 15.4 Å². The summed E-state index contributed by atoms with van der Waals surface area (Å²) in [6.07, 6.45) is 5.20. The van der Waals surface area contributed by atoms with Gasteiger partial charge in [0.15, 0.2) is 11.8 Å². The number of rotatable bonds is 8. The molecule has 1 unspecified atom stereocenters. The van der Waals surface area contributed by atoms with Crippen LogP contribution in [0.2, 0.25) is 0 Å². The Bertz CT molecular complexity index is 918. The van der Waals surface area contributed by atoms with Crippen LogP contribution < -0.4 is 15.4 Å². The summed E-state index contributed by atoms with van der Waals surface area (Å²) in [5.41, 5.74) is 1.03. The van der Waals surface area contributed by atoms with Crippen LogP contribution in [0.25, 0.3) is 5.82 Å². The summed E-state index contributed by atoms with van der Waals surface area (Å²) in [5.74, 6) is 1.79. The Labute approximate surface area is 192 Å². The van der Waals surface area contributed by atoms with Gasteiger partial charge in [-0.15, -0.1) is 24.0 Å². The van der Waals surface area contributed by atoms with E-state index in [-0.39, 0.29) is 35.9 Å². The third-order valence-electron chi connectivity index (χ3n) is 4.02. The number of ether oxygens (including phenoxy) is 1. The minimum absolute atomic E-state index is 0. The molecule has 2 N–H and O–H groups in total. The van der Waals surface area contributed by atoms with E-state index in [0.717, 1.165) is 17.9 Å². The predicted molar refractivity (Wildman–Crippen MR) is 126 cm³/mol. The SMILES string of the molecule is CCNC(=NCc1ccnc(-n2cccn2)c1)NCC(C)Oc1ccc(F)cc1.I. The van der Waals surface area contributed by atoms with Crippen molar-refractivity contribution in [3.63, 3.8) is 0 Å². The second-order valence-corrected chi connectivity index (χ2v) is 6.43. The maximum absolute atomic E-state index is 13.0. The summed E-state index contributed by atoms with van der Waals surface area (Å²) >= 11 is 0. The van der Waals surface area contributed by atoms with E-state index in [1.54, 1.807) is 29.2 Å². The first-order valence-electron chi connectivity index (χ1n) is 9.53. The fraction of sp³-hybridized carbons (Fsp3) is 0.286. The molecule has 30 heavy (non-hydrogen) atoms. The number of guanidine groups is 1. The lowest BCUT2D eigenvalue weighted by Gasteiger charge is -2.17. The van der Waals surface area contributed by atoms with Gasteiger partial charge in [0, 0.05) is 25.1 Å². The minimum atomic E-state index is -0.281. The fourth-order valence-electron chi connectivity index (χ4n) is 2.63. The summed E-state index contributed by atoms with van der Waals surface area (Å²) in [6, 6.07) is 11.7. The number of halogens is 2. The number of nitrogens with one attached hydrogen (secondary N) is 2. The molecule has 0 amide bonds. The highest BCUT2D eigenvalue weighted by atomic mass is 127. The van der Waals surface area contributed by atoms with Gasteiger partial charge >= 0.3 is 0 Å². The van der Waals surface area contributed by atoms with Gasteiger partial charge in [-0.05, 0) is 61.9 Å². The third kappa shape index (κ3) is 7.29. The van der Waals surface area contributed by atoms with Crippen molar-refractivity contribution in [2.24, 2.45) is 4.99 Å². The molecule has 0 aliphatic heterocycles. The zero-order valence-electron chi connectivity index (χ0n) is 17.0. The van der Waals surface area contributed by atoms with Crippen molar-refractivity contribution in [2.75, 3.05) is 13.1 Å². The van der Waals surface area contributed by atoms with Gasteiger partial charge in [0.2, 0.25) is 0 Å². The van der Waals surface area contributed by atoms with E-state index >= 15 is 0 Å². The van der Waals surface area contributed by atoms with Crippen LogP contribution in [0, 0.1) is 5.82 Å². The average molecular weight is 524 g/mol. The van der Waals surface area contributed by atoms with Gasteiger partial charge in [-0.1, -0.05) is 0 Å². The highest BCUT2D eigenvalue weighted by molar-refractivity contribution is 14.0. The van der Waals surface area contributed by atoms with E-state index in [1.165, 1.54) is 12.1 Å². The average Bonchev–Trinajstić information content (AvgIpc) is 3.27. The summed E-state index contributed by atoms with van der Waals surface area (Å²) in [6.45, 7) is 5.75. The molecule has 2 heterocycles. The molecule has 0 saturated heterocycles. The second-order valence-electron chi connectivity index (χ2n) is 6.43. The Balaban J connectivity index is 0.00000320. The summed E-state index contributed by atoms with van der Waals surface area (Å²) in [4.78, 5) is 8.96. The van der Waals surface area contributed by atoms with Crippen LogP contribution in [0.3, 0.4) is 0 Å². The minimum Gasteiger partial charge on any atom is -0.489 e. The number of hydrogen-bond acceptors (Lipinski definition) is 4. The monoisotopic (exact) mass is 524 g/mol. The van der Waals surface area contributed by atoms with Gasteiger partial charge in [0.25, 0.3) is 0 Å². The molecular formula is C21H26FIN6O. The standard InChI is InChI=1S/C21H25FN6O.HI/c1-3-23-21(25-14-16(2)29-19-7-5-18(22)6-8-19)26-15-17-9-11-24-20(13-17)28-12-4-10-27-28;/h4-13,16H,3,14-15H2,1-2H3,(H2,23,25,26);1H. The molecule has 1 aromatic carbocycles. The maximum Gasteiger partial charge on any atom is 0.191 e. The Morgan fingerprint density at radius 1 is 1.20 bits per heavy atom. The van der Waals surface area contributed by atoms with Crippen LogP contribution in [0.1, 0.15) is 19.4 Å². The highest BCUT2D eigenvalue weighted by Gasteiger charge is 2.06. The zero-order valence-corrected chi connectivity index (χ0v) is 19.3. The Kier molecular flexibility index (Phi) is 9.52. The van der Waals surface area contributed by atoms with Crippen molar-refractivity contribution in [3.8, 4) is 11.6 Å². The van der Waals surface area contributed by atoms with Crippen molar-refractivity contribution in [1.82, 2.24) is 25.4 Å². The maximum atomic E-state index is 13.0. The molecule has 7 nitrogen and oxygen atoms in total. The quantitative estimate of drug-likeness (QED) is 0.268. The van der Waals surface area contributed by atoms with E-state index in [4.69, 9.17) is 4.74 Å². The van der Waals surface area contributed by atoms with Gasteiger partial charge in [0.05, 0.1) is 13.1 Å². The van der Waals surface area contributed by atoms with E-state index in [0.29, 0.717) is 24.8 Å². The normalized spacial score (nSPS) is 12.0. The highest BCUT2D eigenvalue weighted by Crippen LogP contribution is 2.12. The number of pyridine rings is 1. The first kappa shape index (κ1) is 23.6. The molecule has 0 fully saturated rings.